The molecule has 0 atom stereocenters. The van der Waals surface area contributed by atoms with Gasteiger partial charge in [-0.15, -0.1) is 10.2 Å². The highest BCUT2D eigenvalue weighted by Gasteiger charge is 2.16. The van der Waals surface area contributed by atoms with E-state index in [2.05, 4.69) is 10.2 Å². The molecule has 8 heteroatoms. The Balaban J connectivity index is 1.85. The quantitative estimate of drug-likeness (QED) is 0.908. The zero-order chi connectivity index (χ0) is 15.2. The number of carboxylic acid groups (broad SMARTS) is 1. The van der Waals surface area contributed by atoms with Crippen molar-refractivity contribution in [2.24, 2.45) is 0 Å². The fourth-order valence-corrected chi connectivity index (χ4v) is 2.23. The SMILES string of the molecule is CN(Cc1nnc(C(=O)O)s1)C(=O)OCc1ccccc1. The summed E-state index contributed by atoms with van der Waals surface area (Å²) >= 11 is 0.930. The fourth-order valence-electron chi connectivity index (χ4n) is 1.50. The van der Waals surface area contributed by atoms with E-state index in [1.54, 1.807) is 7.05 Å². The van der Waals surface area contributed by atoms with Crippen LogP contribution in [0.2, 0.25) is 0 Å². The summed E-state index contributed by atoms with van der Waals surface area (Å²) in [6, 6.07) is 9.32. The normalized spacial score (nSPS) is 10.1. The molecule has 1 aromatic carbocycles. The fraction of sp³-hybridized carbons (Fsp3) is 0.231. The molecule has 0 fully saturated rings. The van der Waals surface area contributed by atoms with Crippen LogP contribution < -0.4 is 0 Å². The zero-order valence-corrected chi connectivity index (χ0v) is 12.0. The second-order valence-corrected chi connectivity index (χ2v) is 5.26. The number of rotatable bonds is 5. The van der Waals surface area contributed by atoms with E-state index >= 15 is 0 Å². The second kappa shape index (κ2) is 6.80. The molecule has 2 rings (SSSR count). The molecule has 0 saturated carbocycles. The Kier molecular flexibility index (Phi) is 4.83. The van der Waals surface area contributed by atoms with E-state index in [9.17, 15) is 9.59 Å². The van der Waals surface area contributed by atoms with Gasteiger partial charge in [0.05, 0.1) is 6.54 Å². The number of benzene rings is 1. The molecule has 7 nitrogen and oxygen atoms in total. The lowest BCUT2D eigenvalue weighted by atomic mass is 10.2. The van der Waals surface area contributed by atoms with E-state index in [0.29, 0.717) is 5.01 Å². The minimum absolute atomic E-state index is 0.101. The lowest BCUT2D eigenvalue weighted by Crippen LogP contribution is -2.26. The third-order valence-electron chi connectivity index (χ3n) is 2.54. The van der Waals surface area contributed by atoms with Gasteiger partial charge < -0.3 is 14.7 Å². The molecule has 0 unspecified atom stereocenters. The molecule has 110 valence electrons. The van der Waals surface area contributed by atoms with Crippen molar-refractivity contribution in [3.8, 4) is 0 Å². The molecule has 0 aliphatic carbocycles. The van der Waals surface area contributed by atoms with Crippen molar-refractivity contribution in [2.45, 2.75) is 13.2 Å². The van der Waals surface area contributed by atoms with Crippen LogP contribution in [0.4, 0.5) is 4.79 Å². The summed E-state index contributed by atoms with van der Waals surface area (Å²) in [6.07, 6.45) is -0.508. The Morgan fingerprint density at radius 3 is 2.62 bits per heavy atom. The van der Waals surface area contributed by atoms with Crippen molar-refractivity contribution in [1.29, 1.82) is 0 Å². The first kappa shape index (κ1) is 14.9. The highest BCUT2D eigenvalue weighted by atomic mass is 32.1. The maximum absolute atomic E-state index is 11.8. The highest BCUT2D eigenvalue weighted by Crippen LogP contribution is 2.12. The van der Waals surface area contributed by atoms with E-state index in [-0.39, 0.29) is 18.2 Å². The van der Waals surface area contributed by atoms with E-state index < -0.39 is 12.1 Å². The lowest BCUT2D eigenvalue weighted by molar-refractivity contribution is 0.0695. The first-order valence-electron chi connectivity index (χ1n) is 6.03. The Morgan fingerprint density at radius 1 is 1.29 bits per heavy atom. The standard InChI is InChI=1S/C13H13N3O4S/c1-16(7-10-14-15-11(21-10)12(17)18)13(19)20-8-9-5-3-2-4-6-9/h2-6H,7-8H2,1H3,(H,17,18). The van der Waals surface area contributed by atoms with Gasteiger partial charge in [-0.1, -0.05) is 41.7 Å². The number of carboxylic acids is 1. The van der Waals surface area contributed by atoms with Crippen molar-refractivity contribution in [1.82, 2.24) is 15.1 Å². The van der Waals surface area contributed by atoms with Gasteiger partial charge in [-0.05, 0) is 5.56 Å². The molecule has 2 aromatic rings. The maximum atomic E-state index is 11.8. The van der Waals surface area contributed by atoms with Gasteiger partial charge in [0.2, 0.25) is 5.01 Å². The van der Waals surface area contributed by atoms with Crippen LogP contribution in [0.15, 0.2) is 30.3 Å². The van der Waals surface area contributed by atoms with Crippen molar-refractivity contribution in [3.63, 3.8) is 0 Å². The minimum Gasteiger partial charge on any atom is -0.476 e. The van der Waals surface area contributed by atoms with Gasteiger partial charge in [0.15, 0.2) is 0 Å². The van der Waals surface area contributed by atoms with Crippen molar-refractivity contribution < 1.29 is 19.4 Å². The highest BCUT2D eigenvalue weighted by molar-refractivity contribution is 7.13. The molecular formula is C13H13N3O4S. The second-order valence-electron chi connectivity index (χ2n) is 4.20. The predicted molar refractivity (Wildman–Crippen MR) is 75.0 cm³/mol. The third kappa shape index (κ3) is 4.25. The molecule has 0 spiro atoms. The Morgan fingerprint density at radius 2 is 2.00 bits per heavy atom. The average molecular weight is 307 g/mol. The van der Waals surface area contributed by atoms with Crippen LogP contribution in [0.3, 0.4) is 0 Å². The number of hydrogen-bond donors (Lipinski definition) is 1. The topological polar surface area (TPSA) is 92.6 Å². The summed E-state index contributed by atoms with van der Waals surface area (Å²) in [6.45, 7) is 0.332. The van der Waals surface area contributed by atoms with Gasteiger partial charge in [0.25, 0.3) is 0 Å². The maximum Gasteiger partial charge on any atom is 0.410 e. The summed E-state index contributed by atoms with van der Waals surface area (Å²) in [4.78, 5) is 23.8. The number of ether oxygens (including phenoxy) is 1. The first-order valence-corrected chi connectivity index (χ1v) is 6.85. The van der Waals surface area contributed by atoms with Gasteiger partial charge >= 0.3 is 12.1 Å². The molecule has 1 N–H and O–H groups in total. The number of aromatic carboxylic acids is 1. The average Bonchev–Trinajstić information content (AvgIpc) is 2.94. The van der Waals surface area contributed by atoms with Gasteiger partial charge in [0, 0.05) is 7.05 Å². The number of carbonyl (C=O) groups is 2. The lowest BCUT2D eigenvalue weighted by Gasteiger charge is -2.15. The predicted octanol–water partition coefficient (Wildman–Crippen LogP) is 2.00. The molecule has 0 radical (unpaired) electrons. The van der Waals surface area contributed by atoms with E-state index in [4.69, 9.17) is 9.84 Å². The van der Waals surface area contributed by atoms with Crippen LogP contribution in [0.25, 0.3) is 0 Å². The smallest absolute Gasteiger partial charge is 0.410 e. The largest absolute Gasteiger partial charge is 0.476 e. The first-order chi connectivity index (χ1) is 10.1. The summed E-state index contributed by atoms with van der Waals surface area (Å²) in [5, 5.41) is 16.3. The molecular weight excluding hydrogens is 294 g/mol. The summed E-state index contributed by atoms with van der Waals surface area (Å²) < 4.78 is 5.14. The van der Waals surface area contributed by atoms with Crippen LogP contribution in [0, 0.1) is 0 Å². The molecule has 0 saturated heterocycles. The molecule has 0 bridgehead atoms. The zero-order valence-electron chi connectivity index (χ0n) is 11.2. The Labute approximate surface area is 124 Å². The number of carbonyl (C=O) groups excluding carboxylic acids is 1. The van der Waals surface area contributed by atoms with E-state index in [1.165, 1.54) is 4.90 Å². The van der Waals surface area contributed by atoms with Crippen LogP contribution in [-0.4, -0.2) is 39.3 Å². The minimum atomic E-state index is -1.13. The molecule has 1 heterocycles. The number of amides is 1. The monoisotopic (exact) mass is 307 g/mol. The third-order valence-corrected chi connectivity index (χ3v) is 3.44. The Hall–Kier alpha value is -2.48. The molecule has 1 aromatic heterocycles. The summed E-state index contributed by atoms with van der Waals surface area (Å²) in [7, 11) is 1.55. The van der Waals surface area contributed by atoms with Crippen molar-refractivity contribution in [3.05, 3.63) is 45.9 Å². The van der Waals surface area contributed by atoms with Gasteiger partial charge in [-0.25, -0.2) is 9.59 Å². The van der Waals surface area contributed by atoms with Gasteiger partial charge in [-0.3, -0.25) is 0 Å². The number of aromatic nitrogens is 2. The van der Waals surface area contributed by atoms with Crippen molar-refractivity contribution >= 4 is 23.4 Å². The van der Waals surface area contributed by atoms with Gasteiger partial charge in [-0.2, -0.15) is 0 Å². The summed E-state index contributed by atoms with van der Waals surface area (Å²) in [5.74, 6) is -1.13. The van der Waals surface area contributed by atoms with Crippen LogP contribution >= 0.6 is 11.3 Å². The Bertz CT molecular complexity index is 629. The van der Waals surface area contributed by atoms with Crippen LogP contribution in [-0.2, 0) is 17.9 Å². The number of nitrogens with zero attached hydrogens (tertiary/aromatic N) is 3. The van der Waals surface area contributed by atoms with Crippen LogP contribution in [0.5, 0.6) is 0 Å². The summed E-state index contributed by atoms with van der Waals surface area (Å²) in [5.41, 5.74) is 0.892. The van der Waals surface area contributed by atoms with Gasteiger partial charge in [0.1, 0.15) is 11.6 Å². The van der Waals surface area contributed by atoms with Crippen LogP contribution in [0.1, 0.15) is 20.4 Å². The molecule has 21 heavy (non-hydrogen) atoms. The van der Waals surface area contributed by atoms with Crippen molar-refractivity contribution in [2.75, 3.05) is 7.05 Å². The molecule has 0 aliphatic rings. The number of hydrogen-bond acceptors (Lipinski definition) is 6. The molecule has 1 amide bonds. The van der Waals surface area contributed by atoms with E-state index in [1.807, 2.05) is 30.3 Å². The van der Waals surface area contributed by atoms with E-state index in [0.717, 1.165) is 16.9 Å². The molecule has 0 aliphatic heterocycles.